The molecule has 4 nitrogen and oxygen atoms in total. The fourth-order valence-corrected chi connectivity index (χ4v) is 1.83. The van der Waals surface area contributed by atoms with Gasteiger partial charge in [-0.1, -0.05) is 11.6 Å². The van der Waals surface area contributed by atoms with Crippen molar-refractivity contribution in [3.05, 3.63) is 21.3 Å². The summed E-state index contributed by atoms with van der Waals surface area (Å²) in [5.74, 6) is -0.977. The number of carbonyl (C=O) groups is 1. The largest absolute Gasteiger partial charge is 0.385 e. The van der Waals surface area contributed by atoms with Crippen molar-refractivity contribution in [3.8, 4) is 0 Å². The summed E-state index contributed by atoms with van der Waals surface area (Å²) in [6.07, 6.45) is -2.97. The van der Waals surface area contributed by atoms with Gasteiger partial charge in [0.15, 0.2) is 6.10 Å². The van der Waals surface area contributed by atoms with Crippen LogP contribution in [0, 0.1) is 0 Å². The van der Waals surface area contributed by atoms with Crippen LogP contribution in [0.15, 0.2) is 11.4 Å². The Labute approximate surface area is 83.6 Å². The third-order valence-corrected chi connectivity index (χ3v) is 2.76. The quantitative estimate of drug-likeness (QED) is 0.686. The van der Waals surface area contributed by atoms with Gasteiger partial charge in [-0.3, -0.25) is 4.79 Å². The fraction of sp³-hybridized carbons (Fsp3) is 0.286. The molecule has 0 saturated carbocycles. The van der Waals surface area contributed by atoms with Crippen molar-refractivity contribution in [3.63, 3.8) is 0 Å². The van der Waals surface area contributed by atoms with Crippen LogP contribution in [0.2, 0.25) is 4.34 Å². The number of carbonyl (C=O) groups excluding carboxylic acids is 1. The third-order valence-electron chi connectivity index (χ3n) is 1.56. The van der Waals surface area contributed by atoms with Crippen LogP contribution < -0.4 is 5.73 Å². The predicted molar refractivity (Wildman–Crippen MR) is 49.5 cm³/mol. The summed E-state index contributed by atoms with van der Waals surface area (Å²) in [5.41, 5.74) is 5.12. The van der Waals surface area contributed by atoms with E-state index in [2.05, 4.69) is 0 Å². The number of hydrogen-bond donors (Lipinski definition) is 3. The van der Waals surface area contributed by atoms with E-state index in [9.17, 15) is 9.90 Å². The van der Waals surface area contributed by atoms with Crippen LogP contribution in [0.1, 0.15) is 11.7 Å². The van der Waals surface area contributed by atoms with Gasteiger partial charge in [0.1, 0.15) is 6.10 Å². The highest BCUT2D eigenvalue weighted by atomic mass is 35.5. The zero-order chi connectivity index (χ0) is 10.0. The summed E-state index contributed by atoms with van der Waals surface area (Å²) >= 11 is 6.88. The lowest BCUT2D eigenvalue weighted by molar-refractivity contribution is -0.131. The van der Waals surface area contributed by atoms with Crippen LogP contribution in [0.5, 0.6) is 0 Å². The summed E-state index contributed by atoms with van der Waals surface area (Å²) in [6.45, 7) is 0. The highest BCUT2D eigenvalue weighted by Crippen LogP contribution is 2.29. The molecule has 1 rings (SSSR count). The first-order valence-electron chi connectivity index (χ1n) is 3.42. The molecule has 6 heteroatoms. The van der Waals surface area contributed by atoms with E-state index in [0.717, 1.165) is 0 Å². The molecule has 0 aliphatic rings. The predicted octanol–water partition coefficient (Wildman–Crippen LogP) is 0.281. The van der Waals surface area contributed by atoms with E-state index in [1.165, 1.54) is 17.4 Å². The van der Waals surface area contributed by atoms with Crippen LogP contribution >= 0.6 is 22.9 Å². The molecule has 1 aromatic rings. The van der Waals surface area contributed by atoms with Crippen LogP contribution in [0.4, 0.5) is 0 Å². The molecule has 0 spiro atoms. The number of hydrogen-bond acceptors (Lipinski definition) is 4. The van der Waals surface area contributed by atoms with Gasteiger partial charge in [0.25, 0.3) is 0 Å². The van der Waals surface area contributed by atoms with Crippen molar-refractivity contribution < 1.29 is 15.0 Å². The molecule has 72 valence electrons. The van der Waals surface area contributed by atoms with Gasteiger partial charge < -0.3 is 15.9 Å². The smallest absolute Gasteiger partial charge is 0.249 e. The monoisotopic (exact) mass is 221 g/mol. The summed E-state index contributed by atoms with van der Waals surface area (Å²) in [7, 11) is 0. The number of aliphatic hydroxyl groups excluding tert-OH is 2. The van der Waals surface area contributed by atoms with Gasteiger partial charge in [0, 0.05) is 5.56 Å². The molecular formula is C7H8ClNO3S. The highest BCUT2D eigenvalue weighted by molar-refractivity contribution is 7.14. The molecule has 0 aliphatic carbocycles. The lowest BCUT2D eigenvalue weighted by atomic mass is 10.1. The molecule has 0 radical (unpaired) electrons. The van der Waals surface area contributed by atoms with Gasteiger partial charge in [-0.25, -0.2) is 0 Å². The molecule has 1 heterocycles. The molecule has 4 N–H and O–H groups in total. The second-order valence-electron chi connectivity index (χ2n) is 2.44. The Balaban J connectivity index is 2.85. The Kier molecular flexibility index (Phi) is 3.27. The van der Waals surface area contributed by atoms with Gasteiger partial charge in [0.05, 0.1) is 4.34 Å². The Hall–Kier alpha value is -0.620. The van der Waals surface area contributed by atoms with E-state index >= 15 is 0 Å². The molecule has 0 bridgehead atoms. The van der Waals surface area contributed by atoms with E-state index in [0.29, 0.717) is 9.90 Å². The topological polar surface area (TPSA) is 83.6 Å². The molecule has 13 heavy (non-hydrogen) atoms. The van der Waals surface area contributed by atoms with Crippen LogP contribution in [-0.2, 0) is 4.79 Å². The maximum atomic E-state index is 10.5. The van der Waals surface area contributed by atoms with E-state index < -0.39 is 18.1 Å². The molecule has 0 saturated heterocycles. The zero-order valence-electron chi connectivity index (χ0n) is 6.48. The van der Waals surface area contributed by atoms with E-state index in [4.69, 9.17) is 22.4 Å². The minimum Gasteiger partial charge on any atom is -0.385 e. The summed E-state index contributed by atoms with van der Waals surface area (Å²) in [5, 5.41) is 20.2. The second-order valence-corrected chi connectivity index (χ2v) is 3.96. The molecule has 0 aliphatic heterocycles. The Morgan fingerprint density at radius 3 is 2.62 bits per heavy atom. The summed E-state index contributed by atoms with van der Waals surface area (Å²) < 4.78 is 0.341. The molecule has 1 amide bonds. The number of primary amides is 1. The molecule has 0 fully saturated rings. The third kappa shape index (κ3) is 2.19. The van der Waals surface area contributed by atoms with Gasteiger partial charge in [0.2, 0.25) is 5.91 Å². The number of rotatable bonds is 3. The first-order valence-corrected chi connectivity index (χ1v) is 4.68. The van der Waals surface area contributed by atoms with Crippen LogP contribution in [0.3, 0.4) is 0 Å². The minimum absolute atomic E-state index is 0.318. The number of nitrogens with two attached hydrogens (primary N) is 1. The average Bonchev–Trinajstić information content (AvgIpc) is 2.48. The van der Waals surface area contributed by atoms with E-state index in [1.54, 1.807) is 5.38 Å². The molecule has 2 atom stereocenters. The first-order chi connectivity index (χ1) is 6.04. The first kappa shape index (κ1) is 10.5. The van der Waals surface area contributed by atoms with Crippen molar-refractivity contribution in [2.45, 2.75) is 12.2 Å². The van der Waals surface area contributed by atoms with Crippen molar-refractivity contribution in [2.75, 3.05) is 0 Å². The maximum absolute atomic E-state index is 10.5. The lowest BCUT2D eigenvalue weighted by Gasteiger charge is -2.13. The van der Waals surface area contributed by atoms with Crippen molar-refractivity contribution in [1.29, 1.82) is 0 Å². The number of thiophene rings is 1. The molecule has 2 unspecified atom stereocenters. The van der Waals surface area contributed by atoms with Gasteiger partial charge in [-0.05, 0) is 11.4 Å². The Bertz CT molecular complexity index is 314. The van der Waals surface area contributed by atoms with E-state index in [1.807, 2.05) is 0 Å². The number of halogens is 1. The average molecular weight is 222 g/mol. The standard InChI is InChI=1S/C7H8ClNO3S/c8-6-3(1-2-13-6)4(10)5(11)7(9)12/h1-2,4-5,10-11H,(H2,9,12). The summed E-state index contributed by atoms with van der Waals surface area (Å²) in [4.78, 5) is 10.5. The fourth-order valence-electron chi connectivity index (χ4n) is 0.841. The van der Waals surface area contributed by atoms with Gasteiger partial charge in [-0.15, -0.1) is 11.3 Å². The molecule has 1 aromatic heterocycles. The summed E-state index contributed by atoms with van der Waals surface area (Å²) in [6, 6.07) is 1.53. The van der Waals surface area contributed by atoms with Crippen LogP contribution in [-0.4, -0.2) is 22.2 Å². The second kappa shape index (κ2) is 4.06. The van der Waals surface area contributed by atoms with Crippen molar-refractivity contribution >= 4 is 28.8 Å². The Morgan fingerprint density at radius 2 is 2.23 bits per heavy atom. The van der Waals surface area contributed by atoms with Gasteiger partial charge >= 0.3 is 0 Å². The minimum atomic E-state index is -1.62. The zero-order valence-corrected chi connectivity index (χ0v) is 8.05. The highest BCUT2D eigenvalue weighted by Gasteiger charge is 2.25. The van der Waals surface area contributed by atoms with Crippen LogP contribution in [0.25, 0.3) is 0 Å². The van der Waals surface area contributed by atoms with Gasteiger partial charge in [-0.2, -0.15) is 0 Å². The Morgan fingerprint density at radius 1 is 1.62 bits per heavy atom. The molecule has 0 aromatic carbocycles. The maximum Gasteiger partial charge on any atom is 0.249 e. The number of amides is 1. The van der Waals surface area contributed by atoms with E-state index in [-0.39, 0.29) is 0 Å². The molecular weight excluding hydrogens is 214 g/mol. The normalized spacial score (nSPS) is 15.3. The van der Waals surface area contributed by atoms with Crippen molar-refractivity contribution in [2.24, 2.45) is 5.73 Å². The SMILES string of the molecule is NC(=O)C(O)C(O)c1ccsc1Cl. The lowest BCUT2D eigenvalue weighted by Crippen LogP contribution is -2.33. The number of aliphatic hydroxyl groups is 2. The van der Waals surface area contributed by atoms with Crippen molar-refractivity contribution in [1.82, 2.24) is 0 Å².